The zero-order valence-corrected chi connectivity index (χ0v) is 13.1. The topological polar surface area (TPSA) is 29.5 Å². The maximum absolute atomic E-state index is 14.3. The van der Waals surface area contributed by atoms with Crippen molar-refractivity contribution in [3.05, 3.63) is 41.5 Å². The van der Waals surface area contributed by atoms with Gasteiger partial charge in [-0.1, -0.05) is 30.3 Å². The minimum Gasteiger partial charge on any atom is -0.444 e. The zero-order chi connectivity index (χ0) is 16.4. The highest BCUT2D eigenvalue weighted by atomic mass is 19.3. The Morgan fingerprint density at radius 1 is 1.27 bits per heavy atom. The molecule has 0 unspecified atom stereocenters. The van der Waals surface area contributed by atoms with E-state index >= 15 is 0 Å². The molecule has 1 fully saturated rings. The van der Waals surface area contributed by atoms with Gasteiger partial charge in [0.25, 0.3) is 5.92 Å². The fourth-order valence-corrected chi connectivity index (χ4v) is 2.27. The predicted octanol–water partition coefficient (Wildman–Crippen LogP) is 4.35. The molecule has 0 bridgehead atoms. The summed E-state index contributed by atoms with van der Waals surface area (Å²) < 4.78 is 33.7. The monoisotopic (exact) mass is 309 g/mol. The number of carbonyl (C=O) groups excluding carboxylic acids is 1. The number of carbonyl (C=O) groups is 1. The molecule has 0 aliphatic carbocycles. The molecule has 0 N–H and O–H groups in total. The van der Waals surface area contributed by atoms with E-state index in [0.29, 0.717) is 0 Å². The fourth-order valence-electron chi connectivity index (χ4n) is 2.27. The summed E-state index contributed by atoms with van der Waals surface area (Å²) in [6.07, 6.45) is 0.957. The van der Waals surface area contributed by atoms with Crippen molar-refractivity contribution in [1.82, 2.24) is 4.90 Å². The first kappa shape index (κ1) is 16.5. The third-order valence-corrected chi connectivity index (χ3v) is 3.30. The lowest BCUT2D eigenvalue weighted by Crippen LogP contribution is -2.48. The van der Waals surface area contributed by atoms with Crippen LogP contribution in [0.2, 0.25) is 0 Å². The van der Waals surface area contributed by atoms with Gasteiger partial charge in [-0.15, -0.1) is 0 Å². The summed E-state index contributed by atoms with van der Waals surface area (Å²) in [6, 6.07) is 9.01. The predicted molar refractivity (Wildman–Crippen MR) is 81.8 cm³/mol. The summed E-state index contributed by atoms with van der Waals surface area (Å²) in [6.45, 7) is 4.75. The lowest BCUT2D eigenvalue weighted by molar-refractivity contribution is -0.0338. The SMILES string of the molecule is CC(C)(C)OC(=O)N1CC/C(=C/c2ccccc2)C(F)(F)C1. The molecule has 1 aromatic carbocycles. The third-order valence-electron chi connectivity index (χ3n) is 3.30. The van der Waals surface area contributed by atoms with Crippen molar-refractivity contribution < 1.29 is 18.3 Å². The molecule has 0 aromatic heterocycles. The number of ether oxygens (including phenoxy) is 1. The van der Waals surface area contributed by atoms with Crippen molar-refractivity contribution in [2.45, 2.75) is 38.7 Å². The average molecular weight is 309 g/mol. The Morgan fingerprint density at radius 2 is 1.91 bits per heavy atom. The maximum Gasteiger partial charge on any atom is 0.410 e. The molecular formula is C17H21F2NO2. The average Bonchev–Trinajstić information content (AvgIpc) is 2.40. The molecule has 0 radical (unpaired) electrons. The van der Waals surface area contributed by atoms with Gasteiger partial charge < -0.3 is 9.64 Å². The molecule has 0 spiro atoms. The Balaban J connectivity index is 2.10. The van der Waals surface area contributed by atoms with Crippen molar-refractivity contribution in [3.63, 3.8) is 0 Å². The molecule has 1 amide bonds. The van der Waals surface area contributed by atoms with Crippen molar-refractivity contribution in [2.24, 2.45) is 0 Å². The van der Waals surface area contributed by atoms with Crippen LogP contribution in [-0.4, -0.2) is 35.6 Å². The minimum atomic E-state index is -3.04. The Morgan fingerprint density at radius 3 is 2.45 bits per heavy atom. The van der Waals surface area contributed by atoms with E-state index in [9.17, 15) is 13.6 Å². The second-order valence-corrected chi connectivity index (χ2v) is 6.44. The highest BCUT2D eigenvalue weighted by molar-refractivity contribution is 5.69. The van der Waals surface area contributed by atoms with E-state index in [4.69, 9.17) is 4.74 Å². The summed E-state index contributed by atoms with van der Waals surface area (Å²) >= 11 is 0. The lowest BCUT2D eigenvalue weighted by Gasteiger charge is -2.35. The van der Waals surface area contributed by atoms with Gasteiger partial charge in [-0.25, -0.2) is 4.79 Å². The van der Waals surface area contributed by atoms with Crippen LogP contribution in [0.3, 0.4) is 0 Å². The van der Waals surface area contributed by atoms with Gasteiger partial charge in [0.1, 0.15) is 5.60 Å². The fraction of sp³-hybridized carbons (Fsp3) is 0.471. The van der Waals surface area contributed by atoms with Crippen LogP contribution in [0.5, 0.6) is 0 Å². The summed E-state index contributed by atoms with van der Waals surface area (Å²) in [5.41, 5.74) is 0.105. The van der Waals surface area contributed by atoms with E-state index in [2.05, 4.69) is 0 Å². The molecule has 0 saturated carbocycles. The molecule has 5 heteroatoms. The maximum atomic E-state index is 14.3. The van der Waals surface area contributed by atoms with E-state index in [0.717, 1.165) is 10.5 Å². The number of hydrogen-bond acceptors (Lipinski definition) is 2. The number of likely N-dealkylation sites (tertiary alicyclic amines) is 1. The lowest BCUT2D eigenvalue weighted by atomic mass is 9.97. The second-order valence-electron chi connectivity index (χ2n) is 6.44. The van der Waals surface area contributed by atoms with Crippen LogP contribution in [0.1, 0.15) is 32.8 Å². The van der Waals surface area contributed by atoms with E-state index in [1.165, 1.54) is 6.08 Å². The molecule has 1 saturated heterocycles. The van der Waals surface area contributed by atoms with Crippen LogP contribution in [0.15, 0.2) is 35.9 Å². The van der Waals surface area contributed by atoms with Crippen LogP contribution in [0, 0.1) is 0 Å². The first-order valence-corrected chi connectivity index (χ1v) is 7.29. The molecule has 1 aliphatic rings. The number of nitrogens with zero attached hydrogens (tertiary/aromatic N) is 1. The number of benzene rings is 1. The molecule has 22 heavy (non-hydrogen) atoms. The van der Waals surface area contributed by atoms with Gasteiger partial charge in [-0.3, -0.25) is 0 Å². The highest BCUT2D eigenvalue weighted by Crippen LogP contribution is 2.34. The molecule has 1 heterocycles. The van der Waals surface area contributed by atoms with Gasteiger partial charge in [-0.05, 0) is 38.8 Å². The van der Waals surface area contributed by atoms with Gasteiger partial charge in [0.15, 0.2) is 0 Å². The van der Waals surface area contributed by atoms with Crippen LogP contribution in [0.4, 0.5) is 13.6 Å². The van der Waals surface area contributed by atoms with Gasteiger partial charge in [0, 0.05) is 12.1 Å². The largest absolute Gasteiger partial charge is 0.444 e. The summed E-state index contributed by atoms with van der Waals surface area (Å²) in [7, 11) is 0. The minimum absolute atomic E-state index is 0.0542. The summed E-state index contributed by atoms with van der Waals surface area (Å²) in [4.78, 5) is 13.0. The number of halogens is 2. The van der Waals surface area contributed by atoms with Crippen molar-refractivity contribution in [1.29, 1.82) is 0 Å². The van der Waals surface area contributed by atoms with Crippen molar-refractivity contribution in [3.8, 4) is 0 Å². The Labute approximate surface area is 129 Å². The van der Waals surface area contributed by atoms with Crippen LogP contribution in [-0.2, 0) is 4.74 Å². The first-order valence-electron chi connectivity index (χ1n) is 7.29. The number of amides is 1. The molecule has 1 aromatic rings. The standard InChI is InChI=1S/C17H21F2NO2/c1-16(2,3)22-15(21)20-10-9-14(17(18,19)12-20)11-13-7-5-4-6-8-13/h4-8,11H,9-10,12H2,1-3H3/b14-11-. The van der Waals surface area contributed by atoms with Gasteiger partial charge in [0.05, 0.1) is 6.54 Å². The van der Waals surface area contributed by atoms with Crippen molar-refractivity contribution >= 4 is 12.2 Å². The smallest absolute Gasteiger partial charge is 0.410 e. The van der Waals surface area contributed by atoms with Gasteiger partial charge >= 0.3 is 6.09 Å². The third kappa shape index (κ3) is 4.29. The highest BCUT2D eigenvalue weighted by Gasteiger charge is 2.42. The zero-order valence-electron chi connectivity index (χ0n) is 13.1. The summed E-state index contributed by atoms with van der Waals surface area (Å²) in [5.74, 6) is -3.04. The van der Waals surface area contributed by atoms with Crippen LogP contribution < -0.4 is 0 Å². The normalized spacial score (nSPS) is 20.0. The van der Waals surface area contributed by atoms with Gasteiger partial charge in [-0.2, -0.15) is 8.78 Å². The molecule has 3 nitrogen and oxygen atoms in total. The molecule has 2 rings (SSSR count). The van der Waals surface area contributed by atoms with Gasteiger partial charge in [0.2, 0.25) is 0 Å². The number of alkyl halides is 2. The quantitative estimate of drug-likeness (QED) is 0.772. The van der Waals surface area contributed by atoms with E-state index in [1.807, 2.05) is 6.07 Å². The van der Waals surface area contributed by atoms with Crippen LogP contribution in [0.25, 0.3) is 6.08 Å². The molecule has 0 atom stereocenters. The second kappa shape index (κ2) is 6.07. The number of hydrogen-bond donors (Lipinski definition) is 0. The van der Waals surface area contributed by atoms with Crippen molar-refractivity contribution in [2.75, 3.05) is 13.1 Å². The molecule has 1 aliphatic heterocycles. The Hall–Kier alpha value is -1.91. The van der Waals surface area contributed by atoms with E-state index < -0.39 is 24.2 Å². The first-order chi connectivity index (χ1) is 10.2. The summed E-state index contributed by atoms with van der Waals surface area (Å²) in [5, 5.41) is 0. The Kier molecular flexibility index (Phi) is 4.54. The Bertz CT molecular complexity index is 562. The molecule has 120 valence electrons. The number of piperidine rings is 1. The molecular weight excluding hydrogens is 288 g/mol. The van der Waals surface area contributed by atoms with Crippen LogP contribution >= 0.6 is 0 Å². The van der Waals surface area contributed by atoms with E-state index in [1.54, 1.807) is 45.0 Å². The number of rotatable bonds is 1. The van der Waals surface area contributed by atoms with E-state index in [-0.39, 0.29) is 18.5 Å².